The highest BCUT2D eigenvalue weighted by Gasteiger charge is 2.29. The van der Waals surface area contributed by atoms with Gasteiger partial charge in [0.1, 0.15) is 6.61 Å². The standard InChI is InChI=1S/C21H21N3O4/c1-14-18(23-17-6-3-2-5-16(17)22-14)13-28-21(26)15-8-10-24(11-9-15)20(25)19-7-4-12-27-19/h2-7,12,15H,8-11,13H2,1H3. The molecule has 0 radical (unpaired) electrons. The number of fused-ring (bicyclic) bond motifs is 1. The third-order valence-electron chi connectivity index (χ3n) is 5.04. The maximum atomic E-state index is 12.5. The van der Waals surface area contributed by atoms with Crippen LogP contribution in [0.2, 0.25) is 0 Å². The van der Waals surface area contributed by atoms with Gasteiger partial charge in [-0.05, 0) is 44.0 Å². The van der Waals surface area contributed by atoms with Crippen LogP contribution in [0, 0.1) is 12.8 Å². The van der Waals surface area contributed by atoms with Crippen LogP contribution in [0.15, 0.2) is 47.1 Å². The zero-order valence-electron chi connectivity index (χ0n) is 15.6. The van der Waals surface area contributed by atoms with Crippen LogP contribution in [0.5, 0.6) is 0 Å². The quantitative estimate of drug-likeness (QED) is 0.648. The number of carbonyl (C=O) groups is 2. The molecule has 1 fully saturated rings. The van der Waals surface area contributed by atoms with Crippen LogP contribution in [0.1, 0.15) is 34.8 Å². The Hall–Kier alpha value is -3.22. The Bertz CT molecular complexity index is 992. The maximum absolute atomic E-state index is 12.5. The van der Waals surface area contributed by atoms with E-state index in [0.717, 1.165) is 16.7 Å². The number of aryl methyl sites for hydroxylation is 1. The predicted octanol–water partition coefficient (Wildman–Crippen LogP) is 3.13. The Kier molecular flexibility index (Phi) is 5.06. The van der Waals surface area contributed by atoms with Gasteiger partial charge in [0.15, 0.2) is 5.76 Å². The molecule has 2 aromatic heterocycles. The molecule has 3 aromatic rings. The molecular weight excluding hydrogens is 358 g/mol. The summed E-state index contributed by atoms with van der Waals surface area (Å²) in [5.41, 5.74) is 3.02. The number of nitrogens with zero attached hydrogens (tertiary/aromatic N) is 3. The molecule has 0 N–H and O–H groups in total. The van der Waals surface area contributed by atoms with E-state index in [4.69, 9.17) is 9.15 Å². The molecule has 0 unspecified atom stereocenters. The second kappa shape index (κ2) is 7.80. The summed E-state index contributed by atoms with van der Waals surface area (Å²) in [5, 5.41) is 0. The van der Waals surface area contributed by atoms with Gasteiger partial charge < -0.3 is 14.1 Å². The number of likely N-dealkylation sites (tertiary alicyclic amines) is 1. The number of ether oxygens (including phenoxy) is 1. The monoisotopic (exact) mass is 379 g/mol. The summed E-state index contributed by atoms with van der Waals surface area (Å²) < 4.78 is 10.7. The number of rotatable bonds is 4. The number of piperidine rings is 1. The Labute approximate surface area is 162 Å². The van der Waals surface area contributed by atoms with Crippen LogP contribution in [0.25, 0.3) is 11.0 Å². The zero-order valence-corrected chi connectivity index (χ0v) is 15.6. The van der Waals surface area contributed by atoms with Crippen LogP contribution in [0.4, 0.5) is 0 Å². The van der Waals surface area contributed by atoms with Gasteiger partial charge in [0.2, 0.25) is 0 Å². The molecule has 1 amide bonds. The average molecular weight is 379 g/mol. The highest BCUT2D eigenvalue weighted by Crippen LogP contribution is 2.21. The number of para-hydroxylation sites is 2. The SMILES string of the molecule is Cc1nc2ccccc2nc1COC(=O)C1CCN(C(=O)c2ccco2)CC1. The number of aromatic nitrogens is 2. The molecule has 0 atom stereocenters. The number of benzene rings is 1. The fraction of sp³-hybridized carbons (Fsp3) is 0.333. The van der Waals surface area contributed by atoms with Gasteiger partial charge in [-0.15, -0.1) is 0 Å². The molecule has 0 saturated carbocycles. The lowest BCUT2D eigenvalue weighted by molar-refractivity contribution is -0.151. The van der Waals surface area contributed by atoms with Crippen molar-refractivity contribution >= 4 is 22.9 Å². The molecule has 4 rings (SSSR count). The molecule has 1 aliphatic heterocycles. The lowest BCUT2D eigenvalue weighted by Crippen LogP contribution is -2.40. The average Bonchev–Trinajstić information content (AvgIpc) is 3.26. The molecule has 7 heteroatoms. The van der Waals surface area contributed by atoms with Crippen LogP contribution >= 0.6 is 0 Å². The van der Waals surface area contributed by atoms with Gasteiger partial charge in [-0.1, -0.05) is 12.1 Å². The summed E-state index contributed by atoms with van der Waals surface area (Å²) in [7, 11) is 0. The lowest BCUT2D eigenvalue weighted by atomic mass is 9.97. The van der Waals surface area contributed by atoms with Crippen molar-refractivity contribution in [2.75, 3.05) is 13.1 Å². The second-order valence-electron chi connectivity index (χ2n) is 6.90. The molecule has 1 aromatic carbocycles. The minimum Gasteiger partial charge on any atom is -0.459 e. The molecule has 0 spiro atoms. The Balaban J connectivity index is 1.33. The van der Waals surface area contributed by atoms with E-state index in [9.17, 15) is 9.59 Å². The largest absolute Gasteiger partial charge is 0.459 e. The van der Waals surface area contributed by atoms with Crippen molar-refractivity contribution in [3.63, 3.8) is 0 Å². The summed E-state index contributed by atoms with van der Waals surface area (Å²) in [6.45, 7) is 2.98. The van der Waals surface area contributed by atoms with Crippen molar-refractivity contribution < 1.29 is 18.7 Å². The van der Waals surface area contributed by atoms with Gasteiger partial charge in [-0.25, -0.2) is 9.97 Å². The van der Waals surface area contributed by atoms with E-state index in [2.05, 4.69) is 9.97 Å². The van der Waals surface area contributed by atoms with E-state index in [1.54, 1.807) is 17.0 Å². The second-order valence-corrected chi connectivity index (χ2v) is 6.90. The smallest absolute Gasteiger partial charge is 0.309 e. The third-order valence-corrected chi connectivity index (χ3v) is 5.04. The highest BCUT2D eigenvalue weighted by molar-refractivity contribution is 5.91. The first-order chi connectivity index (χ1) is 13.6. The molecule has 3 heterocycles. The van der Waals surface area contributed by atoms with Gasteiger partial charge in [0.05, 0.1) is 34.6 Å². The summed E-state index contributed by atoms with van der Waals surface area (Å²) >= 11 is 0. The number of amides is 1. The van der Waals surface area contributed by atoms with Gasteiger partial charge in [0, 0.05) is 13.1 Å². The maximum Gasteiger partial charge on any atom is 0.309 e. The van der Waals surface area contributed by atoms with E-state index in [-0.39, 0.29) is 24.4 Å². The fourth-order valence-electron chi connectivity index (χ4n) is 3.39. The minimum absolute atomic E-state index is 0.105. The molecule has 0 bridgehead atoms. The van der Waals surface area contributed by atoms with Crippen molar-refractivity contribution in [2.45, 2.75) is 26.4 Å². The van der Waals surface area contributed by atoms with Gasteiger partial charge in [-0.3, -0.25) is 9.59 Å². The highest BCUT2D eigenvalue weighted by atomic mass is 16.5. The van der Waals surface area contributed by atoms with Crippen molar-refractivity contribution in [3.05, 3.63) is 59.8 Å². The van der Waals surface area contributed by atoms with E-state index in [1.165, 1.54) is 6.26 Å². The molecule has 0 aliphatic carbocycles. The zero-order chi connectivity index (χ0) is 19.5. The molecule has 7 nitrogen and oxygen atoms in total. The summed E-state index contributed by atoms with van der Waals surface area (Å²) in [4.78, 5) is 35.5. The summed E-state index contributed by atoms with van der Waals surface area (Å²) in [5.74, 6) is -0.279. The first-order valence-electron chi connectivity index (χ1n) is 9.33. The van der Waals surface area contributed by atoms with Gasteiger partial charge in [-0.2, -0.15) is 0 Å². The Morgan fingerprint density at radius 2 is 1.82 bits per heavy atom. The van der Waals surface area contributed by atoms with E-state index in [0.29, 0.717) is 37.4 Å². The normalized spacial score (nSPS) is 15.0. The topological polar surface area (TPSA) is 85.5 Å². The minimum atomic E-state index is -0.251. The van der Waals surface area contributed by atoms with Gasteiger partial charge >= 0.3 is 5.97 Å². The predicted molar refractivity (Wildman–Crippen MR) is 101 cm³/mol. The van der Waals surface area contributed by atoms with Crippen molar-refractivity contribution in [3.8, 4) is 0 Å². The number of hydrogen-bond donors (Lipinski definition) is 0. The van der Waals surface area contributed by atoms with Crippen LogP contribution in [-0.2, 0) is 16.1 Å². The molecule has 144 valence electrons. The molecule has 1 aliphatic rings. The van der Waals surface area contributed by atoms with Gasteiger partial charge in [0.25, 0.3) is 5.91 Å². The Morgan fingerprint density at radius 1 is 1.11 bits per heavy atom. The molecule has 28 heavy (non-hydrogen) atoms. The van der Waals surface area contributed by atoms with E-state index >= 15 is 0 Å². The van der Waals surface area contributed by atoms with Crippen molar-refractivity contribution in [2.24, 2.45) is 5.92 Å². The van der Waals surface area contributed by atoms with Crippen molar-refractivity contribution in [1.82, 2.24) is 14.9 Å². The fourth-order valence-corrected chi connectivity index (χ4v) is 3.39. The summed E-state index contributed by atoms with van der Waals surface area (Å²) in [6, 6.07) is 10.9. The third kappa shape index (κ3) is 3.74. The van der Waals surface area contributed by atoms with Crippen LogP contribution < -0.4 is 0 Å². The lowest BCUT2D eigenvalue weighted by Gasteiger charge is -2.30. The van der Waals surface area contributed by atoms with Crippen molar-refractivity contribution in [1.29, 1.82) is 0 Å². The number of carbonyl (C=O) groups excluding carboxylic acids is 2. The number of hydrogen-bond acceptors (Lipinski definition) is 6. The first-order valence-corrected chi connectivity index (χ1v) is 9.33. The number of esters is 1. The van der Waals surface area contributed by atoms with Crippen LogP contribution in [0.3, 0.4) is 0 Å². The number of furan rings is 1. The molecule has 1 saturated heterocycles. The molecular formula is C21H21N3O4. The van der Waals surface area contributed by atoms with E-state index < -0.39 is 0 Å². The van der Waals surface area contributed by atoms with Crippen LogP contribution in [-0.4, -0.2) is 39.8 Å². The summed E-state index contributed by atoms with van der Waals surface area (Å²) in [6.07, 6.45) is 2.64. The van der Waals surface area contributed by atoms with E-state index in [1.807, 2.05) is 31.2 Å². The Morgan fingerprint density at radius 3 is 2.50 bits per heavy atom. The first kappa shape index (κ1) is 18.2.